The second-order valence-corrected chi connectivity index (χ2v) is 6.45. The van der Waals surface area contributed by atoms with Gasteiger partial charge < -0.3 is 4.74 Å². The van der Waals surface area contributed by atoms with Crippen LogP contribution in [0.4, 0.5) is 0 Å². The first-order valence-electron chi connectivity index (χ1n) is 7.71. The van der Waals surface area contributed by atoms with E-state index in [0.717, 1.165) is 44.2 Å². The molecule has 0 aliphatic carbocycles. The van der Waals surface area contributed by atoms with Crippen molar-refractivity contribution >= 4 is 22.2 Å². The smallest absolute Gasteiger partial charge is 0.124 e. The summed E-state index contributed by atoms with van der Waals surface area (Å²) in [6.07, 6.45) is 0. The van der Waals surface area contributed by atoms with Gasteiger partial charge in [-0.1, -0.05) is 18.2 Å². The number of para-hydroxylation sites is 1. The van der Waals surface area contributed by atoms with E-state index in [1.54, 1.807) is 18.4 Å². The van der Waals surface area contributed by atoms with Crippen LogP contribution < -0.4 is 4.74 Å². The molecule has 0 saturated heterocycles. The van der Waals surface area contributed by atoms with Crippen molar-refractivity contribution < 1.29 is 4.74 Å². The summed E-state index contributed by atoms with van der Waals surface area (Å²) < 4.78 is 5.22. The minimum atomic E-state index is 0.852. The highest BCUT2D eigenvalue weighted by Gasteiger charge is 2.11. The van der Waals surface area contributed by atoms with Crippen LogP contribution in [0.15, 0.2) is 60.0 Å². The number of aromatic nitrogens is 2. The van der Waals surface area contributed by atoms with Crippen molar-refractivity contribution in [2.24, 2.45) is 0 Å². The standard InChI is InChI=1S/C20H16N2OS/c1-13-11-17(16-5-3-4-6-18(16)21-13)20-22-19(12-24-20)14-7-9-15(23-2)10-8-14/h3-12H,1-2H3. The van der Waals surface area contributed by atoms with Crippen LogP contribution in [-0.2, 0) is 0 Å². The van der Waals surface area contributed by atoms with E-state index in [4.69, 9.17) is 9.72 Å². The lowest BCUT2D eigenvalue weighted by Crippen LogP contribution is -1.88. The van der Waals surface area contributed by atoms with E-state index in [0.29, 0.717) is 0 Å². The second-order valence-electron chi connectivity index (χ2n) is 5.59. The molecular weight excluding hydrogens is 316 g/mol. The van der Waals surface area contributed by atoms with E-state index in [1.165, 1.54) is 0 Å². The van der Waals surface area contributed by atoms with Crippen LogP contribution in [0.2, 0.25) is 0 Å². The predicted molar refractivity (Wildman–Crippen MR) is 99.6 cm³/mol. The Hall–Kier alpha value is -2.72. The summed E-state index contributed by atoms with van der Waals surface area (Å²) in [5.41, 5.74) is 5.23. The van der Waals surface area contributed by atoms with Crippen molar-refractivity contribution in [1.29, 1.82) is 0 Å². The average Bonchev–Trinajstić information content (AvgIpc) is 3.11. The molecule has 0 amide bonds. The first-order chi connectivity index (χ1) is 11.7. The molecule has 2 aromatic heterocycles. The molecule has 0 bridgehead atoms. The van der Waals surface area contributed by atoms with Gasteiger partial charge in [0.05, 0.1) is 18.3 Å². The van der Waals surface area contributed by atoms with Crippen molar-refractivity contribution in [2.75, 3.05) is 7.11 Å². The molecule has 0 spiro atoms. The number of aryl methyl sites for hydroxylation is 1. The van der Waals surface area contributed by atoms with E-state index in [2.05, 4.69) is 22.5 Å². The van der Waals surface area contributed by atoms with E-state index in [9.17, 15) is 0 Å². The number of rotatable bonds is 3. The van der Waals surface area contributed by atoms with Gasteiger partial charge in [0.25, 0.3) is 0 Å². The quantitative estimate of drug-likeness (QED) is 0.508. The number of fused-ring (bicyclic) bond motifs is 1. The number of thiazole rings is 1. The maximum absolute atomic E-state index is 5.22. The highest BCUT2D eigenvalue weighted by atomic mass is 32.1. The number of hydrogen-bond donors (Lipinski definition) is 0. The van der Waals surface area contributed by atoms with Gasteiger partial charge in [-0.3, -0.25) is 4.98 Å². The van der Waals surface area contributed by atoms with E-state index in [1.807, 2.05) is 49.4 Å². The van der Waals surface area contributed by atoms with Crippen LogP contribution >= 0.6 is 11.3 Å². The maximum atomic E-state index is 5.22. The van der Waals surface area contributed by atoms with Gasteiger partial charge in [-0.15, -0.1) is 11.3 Å². The Labute approximate surface area is 144 Å². The largest absolute Gasteiger partial charge is 0.497 e. The maximum Gasteiger partial charge on any atom is 0.124 e. The van der Waals surface area contributed by atoms with Gasteiger partial charge >= 0.3 is 0 Å². The zero-order valence-corrected chi connectivity index (χ0v) is 14.3. The van der Waals surface area contributed by atoms with E-state index >= 15 is 0 Å². The van der Waals surface area contributed by atoms with Crippen LogP contribution in [0.5, 0.6) is 5.75 Å². The normalized spacial score (nSPS) is 10.9. The number of pyridine rings is 1. The fourth-order valence-corrected chi connectivity index (χ4v) is 3.64. The zero-order chi connectivity index (χ0) is 16.5. The molecule has 0 saturated carbocycles. The molecule has 0 N–H and O–H groups in total. The SMILES string of the molecule is COc1ccc(-c2csc(-c3cc(C)nc4ccccc34)n2)cc1. The molecule has 0 fully saturated rings. The summed E-state index contributed by atoms with van der Waals surface area (Å²) in [4.78, 5) is 9.46. The highest BCUT2D eigenvalue weighted by molar-refractivity contribution is 7.13. The lowest BCUT2D eigenvalue weighted by atomic mass is 10.1. The van der Waals surface area contributed by atoms with Crippen LogP contribution in [0.3, 0.4) is 0 Å². The Bertz CT molecular complexity index is 1010. The van der Waals surface area contributed by atoms with Gasteiger partial charge in [0.1, 0.15) is 10.8 Å². The zero-order valence-electron chi connectivity index (χ0n) is 13.5. The van der Waals surface area contributed by atoms with Gasteiger partial charge in [-0.05, 0) is 43.3 Å². The number of ether oxygens (including phenoxy) is 1. The van der Waals surface area contributed by atoms with Gasteiger partial charge in [0.2, 0.25) is 0 Å². The lowest BCUT2D eigenvalue weighted by molar-refractivity contribution is 0.415. The van der Waals surface area contributed by atoms with E-state index in [-0.39, 0.29) is 0 Å². The molecule has 24 heavy (non-hydrogen) atoms. The van der Waals surface area contributed by atoms with Crippen LogP contribution in [0.1, 0.15) is 5.69 Å². The van der Waals surface area contributed by atoms with Crippen molar-refractivity contribution in [3.63, 3.8) is 0 Å². The topological polar surface area (TPSA) is 35.0 Å². The molecule has 2 aromatic carbocycles. The first kappa shape index (κ1) is 14.8. The van der Waals surface area contributed by atoms with Crippen molar-refractivity contribution in [1.82, 2.24) is 9.97 Å². The molecule has 3 nitrogen and oxygen atoms in total. The number of benzene rings is 2. The third-order valence-electron chi connectivity index (χ3n) is 3.96. The fourth-order valence-electron chi connectivity index (χ4n) is 2.78. The minimum absolute atomic E-state index is 0.852. The Kier molecular flexibility index (Phi) is 3.75. The van der Waals surface area contributed by atoms with Gasteiger partial charge in [0, 0.05) is 27.6 Å². The Morgan fingerprint density at radius 1 is 0.958 bits per heavy atom. The Morgan fingerprint density at radius 2 is 1.75 bits per heavy atom. The Morgan fingerprint density at radius 3 is 2.54 bits per heavy atom. The molecule has 0 aliphatic rings. The summed E-state index contributed by atoms with van der Waals surface area (Å²) in [6.45, 7) is 2.02. The first-order valence-corrected chi connectivity index (χ1v) is 8.59. The molecule has 2 heterocycles. The molecule has 0 radical (unpaired) electrons. The number of methoxy groups -OCH3 is 1. The third kappa shape index (κ3) is 2.65. The predicted octanol–water partition coefficient (Wildman–Crippen LogP) is 5.34. The van der Waals surface area contributed by atoms with E-state index < -0.39 is 0 Å². The van der Waals surface area contributed by atoms with Gasteiger partial charge in [-0.2, -0.15) is 0 Å². The van der Waals surface area contributed by atoms with Crippen LogP contribution in [0.25, 0.3) is 32.7 Å². The third-order valence-corrected chi connectivity index (χ3v) is 4.84. The van der Waals surface area contributed by atoms with Gasteiger partial charge in [0.15, 0.2) is 0 Å². The molecule has 4 aromatic rings. The summed E-state index contributed by atoms with van der Waals surface area (Å²) in [5, 5.41) is 4.25. The van der Waals surface area contributed by atoms with Crippen molar-refractivity contribution in [2.45, 2.75) is 6.92 Å². The molecule has 4 rings (SSSR count). The van der Waals surface area contributed by atoms with Gasteiger partial charge in [-0.25, -0.2) is 4.98 Å². The molecule has 118 valence electrons. The molecular formula is C20H16N2OS. The fraction of sp³-hybridized carbons (Fsp3) is 0.100. The summed E-state index contributed by atoms with van der Waals surface area (Å²) >= 11 is 1.66. The van der Waals surface area contributed by atoms with Crippen LogP contribution in [0, 0.1) is 6.92 Å². The summed E-state index contributed by atoms with van der Waals surface area (Å²) in [7, 11) is 1.67. The summed E-state index contributed by atoms with van der Waals surface area (Å²) in [5.74, 6) is 0.852. The molecule has 4 heteroatoms. The second kappa shape index (κ2) is 6.06. The Balaban J connectivity index is 1.80. The highest BCUT2D eigenvalue weighted by Crippen LogP contribution is 2.33. The number of nitrogens with zero attached hydrogens (tertiary/aromatic N) is 2. The van der Waals surface area contributed by atoms with Crippen molar-refractivity contribution in [3.8, 4) is 27.6 Å². The van der Waals surface area contributed by atoms with Crippen LogP contribution in [-0.4, -0.2) is 17.1 Å². The summed E-state index contributed by atoms with van der Waals surface area (Å²) in [6, 6.07) is 18.3. The minimum Gasteiger partial charge on any atom is -0.497 e. The monoisotopic (exact) mass is 332 g/mol. The molecule has 0 atom stereocenters. The van der Waals surface area contributed by atoms with Crippen molar-refractivity contribution in [3.05, 3.63) is 65.7 Å². The lowest BCUT2D eigenvalue weighted by Gasteiger charge is -2.05. The average molecular weight is 332 g/mol. The molecule has 0 aliphatic heterocycles. The number of hydrogen-bond acceptors (Lipinski definition) is 4. The molecule has 0 unspecified atom stereocenters.